The minimum Gasteiger partial charge on any atom is -0.385 e. The molecule has 0 fully saturated rings. The maximum atomic E-state index is 3.40. The molecule has 2 heteroatoms. The quantitative estimate of drug-likeness (QED) is 0.518. The lowest BCUT2D eigenvalue weighted by molar-refractivity contribution is 0.834. The monoisotopic (exact) mass is 145 g/mol. The molecule has 1 N–H and O–H groups in total. The summed E-state index contributed by atoms with van der Waals surface area (Å²) in [6, 6.07) is 6.47. The highest BCUT2D eigenvalue weighted by atomic mass is 14.9. The number of rotatable bonds is 0. The van der Waals surface area contributed by atoms with E-state index in [-0.39, 0.29) is 0 Å². The van der Waals surface area contributed by atoms with Crippen LogP contribution in [-0.4, -0.2) is 14.4 Å². The predicted molar refractivity (Wildman–Crippen MR) is 51.4 cm³/mol. The third-order valence-electron chi connectivity index (χ3n) is 2.33. The third kappa shape index (κ3) is 1.13. The molecule has 1 aromatic rings. The van der Waals surface area contributed by atoms with Gasteiger partial charge < -0.3 is 5.32 Å². The Balaban J connectivity index is 2.49. The lowest BCUT2D eigenvalue weighted by Crippen LogP contribution is -2.19. The number of hydrogen-bond acceptors (Lipinski definition) is 1. The van der Waals surface area contributed by atoms with E-state index >= 15 is 0 Å². The van der Waals surface area contributed by atoms with Crippen LogP contribution in [0.4, 0.5) is 5.69 Å². The summed E-state index contributed by atoms with van der Waals surface area (Å²) in [5, 5.41) is 3.40. The molecule has 0 spiro atoms. The summed E-state index contributed by atoms with van der Waals surface area (Å²) in [7, 11) is 2.19. The van der Waals surface area contributed by atoms with Gasteiger partial charge in [0.1, 0.15) is 7.85 Å². The maximum Gasteiger partial charge on any atom is 0.139 e. The van der Waals surface area contributed by atoms with Crippen molar-refractivity contribution in [3.63, 3.8) is 0 Å². The highest BCUT2D eigenvalue weighted by Gasteiger charge is 2.08. The molecule has 0 unspecified atom stereocenters. The molecule has 1 aliphatic rings. The molecule has 1 aliphatic heterocycles. The van der Waals surface area contributed by atoms with Crippen LogP contribution in [0.15, 0.2) is 18.2 Å². The van der Waals surface area contributed by atoms with E-state index in [9.17, 15) is 0 Å². The number of hydrogen-bond donors (Lipinski definition) is 1. The molecule has 2 rings (SSSR count). The van der Waals surface area contributed by atoms with Gasteiger partial charge in [0.15, 0.2) is 0 Å². The first-order valence-electron chi connectivity index (χ1n) is 4.20. The fourth-order valence-corrected chi connectivity index (χ4v) is 1.69. The first-order chi connectivity index (χ1) is 5.38. The van der Waals surface area contributed by atoms with Crippen LogP contribution in [0, 0.1) is 0 Å². The van der Waals surface area contributed by atoms with Crippen LogP contribution in [-0.2, 0) is 6.42 Å². The molecule has 0 bridgehead atoms. The predicted octanol–water partition coefficient (Wildman–Crippen LogP) is 0.303. The first kappa shape index (κ1) is 6.77. The summed E-state index contributed by atoms with van der Waals surface area (Å²) in [4.78, 5) is 0. The Bertz CT molecular complexity index is 270. The highest BCUT2D eigenvalue weighted by Crippen LogP contribution is 2.18. The van der Waals surface area contributed by atoms with E-state index in [1.165, 1.54) is 29.6 Å². The summed E-state index contributed by atoms with van der Waals surface area (Å²) < 4.78 is 0. The van der Waals surface area contributed by atoms with Gasteiger partial charge in [-0.2, -0.15) is 0 Å². The van der Waals surface area contributed by atoms with Gasteiger partial charge in [0.2, 0.25) is 0 Å². The molecule has 0 saturated heterocycles. The Morgan fingerprint density at radius 3 is 3.09 bits per heavy atom. The normalized spacial score (nSPS) is 15.3. The molecule has 11 heavy (non-hydrogen) atoms. The van der Waals surface area contributed by atoms with Crippen molar-refractivity contribution in [3.8, 4) is 0 Å². The largest absolute Gasteiger partial charge is 0.385 e. The second-order valence-corrected chi connectivity index (χ2v) is 3.13. The molecule has 0 aliphatic carbocycles. The fraction of sp³-hybridized carbons (Fsp3) is 0.333. The molecule has 0 radical (unpaired) electrons. The lowest BCUT2D eigenvalue weighted by atomic mass is 9.86. The van der Waals surface area contributed by atoms with Gasteiger partial charge in [-0.3, -0.25) is 0 Å². The molecule has 0 aromatic heterocycles. The van der Waals surface area contributed by atoms with E-state index in [2.05, 4.69) is 31.4 Å². The van der Waals surface area contributed by atoms with Gasteiger partial charge in [-0.1, -0.05) is 17.6 Å². The van der Waals surface area contributed by atoms with Gasteiger partial charge in [0.25, 0.3) is 0 Å². The SMILES string of the molecule is Bc1cccc2c1CCCN2. The average Bonchev–Trinajstić information content (AvgIpc) is 2.06. The summed E-state index contributed by atoms with van der Waals surface area (Å²) in [5.74, 6) is 0. The zero-order chi connectivity index (χ0) is 7.68. The molecule has 1 aromatic carbocycles. The van der Waals surface area contributed by atoms with Crippen LogP contribution in [0.2, 0.25) is 0 Å². The molecule has 1 nitrogen and oxygen atoms in total. The van der Waals surface area contributed by atoms with Crippen LogP contribution < -0.4 is 10.8 Å². The second-order valence-electron chi connectivity index (χ2n) is 3.13. The van der Waals surface area contributed by atoms with E-state index in [4.69, 9.17) is 0 Å². The van der Waals surface area contributed by atoms with Crippen LogP contribution >= 0.6 is 0 Å². The number of fused-ring (bicyclic) bond motifs is 1. The molecule has 0 atom stereocenters. The van der Waals surface area contributed by atoms with Crippen molar-refractivity contribution < 1.29 is 0 Å². The van der Waals surface area contributed by atoms with Gasteiger partial charge >= 0.3 is 0 Å². The van der Waals surface area contributed by atoms with Gasteiger partial charge in [0.05, 0.1) is 0 Å². The van der Waals surface area contributed by atoms with Crippen molar-refractivity contribution in [1.29, 1.82) is 0 Å². The standard InChI is InChI=1S/C9H12BN/c10-8-4-1-5-9-7(8)3-2-6-11-9/h1,4-5,11H,2-3,6,10H2. The maximum absolute atomic E-state index is 3.40. The Morgan fingerprint density at radius 1 is 1.36 bits per heavy atom. The molecule has 1 heterocycles. The molecular weight excluding hydrogens is 133 g/mol. The van der Waals surface area contributed by atoms with Crippen molar-refractivity contribution in [3.05, 3.63) is 23.8 Å². The van der Waals surface area contributed by atoms with Crippen molar-refractivity contribution in [2.75, 3.05) is 11.9 Å². The Hall–Kier alpha value is -0.915. The highest BCUT2D eigenvalue weighted by molar-refractivity contribution is 6.33. The van der Waals surface area contributed by atoms with E-state index in [1.54, 1.807) is 0 Å². The van der Waals surface area contributed by atoms with Gasteiger partial charge in [-0.25, -0.2) is 0 Å². The van der Waals surface area contributed by atoms with E-state index in [1.807, 2.05) is 0 Å². The van der Waals surface area contributed by atoms with Gasteiger partial charge in [0, 0.05) is 12.2 Å². The Kier molecular flexibility index (Phi) is 1.61. The van der Waals surface area contributed by atoms with Crippen molar-refractivity contribution >= 4 is 19.0 Å². The zero-order valence-corrected chi connectivity index (χ0v) is 6.85. The summed E-state index contributed by atoms with van der Waals surface area (Å²) in [5.41, 5.74) is 4.28. The van der Waals surface area contributed by atoms with Gasteiger partial charge in [-0.15, -0.1) is 0 Å². The fourth-order valence-electron chi connectivity index (χ4n) is 1.69. The smallest absolute Gasteiger partial charge is 0.139 e. The second kappa shape index (κ2) is 2.61. The lowest BCUT2D eigenvalue weighted by Gasteiger charge is -2.19. The Labute approximate surface area is 68.2 Å². The van der Waals surface area contributed by atoms with Crippen LogP contribution in [0.3, 0.4) is 0 Å². The number of benzene rings is 1. The van der Waals surface area contributed by atoms with E-state index in [0.717, 1.165) is 6.54 Å². The van der Waals surface area contributed by atoms with Crippen molar-refractivity contribution in [2.24, 2.45) is 0 Å². The van der Waals surface area contributed by atoms with Gasteiger partial charge in [-0.05, 0) is 24.5 Å². The molecule has 0 amide bonds. The summed E-state index contributed by atoms with van der Waals surface area (Å²) in [6.45, 7) is 1.14. The summed E-state index contributed by atoms with van der Waals surface area (Å²) >= 11 is 0. The molecular formula is C9H12BN. The minimum absolute atomic E-state index is 1.14. The van der Waals surface area contributed by atoms with E-state index < -0.39 is 0 Å². The Morgan fingerprint density at radius 2 is 2.27 bits per heavy atom. The van der Waals surface area contributed by atoms with Crippen molar-refractivity contribution in [1.82, 2.24) is 0 Å². The molecule has 56 valence electrons. The minimum atomic E-state index is 1.14. The van der Waals surface area contributed by atoms with Crippen LogP contribution in [0.1, 0.15) is 12.0 Å². The number of anilines is 1. The van der Waals surface area contributed by atoms with E-state index in [0.29, 0.717) is 0 Å². The first-order valence-corrected chi connectivity index (χ1v) is 4.20. The zero-order valence-electron chi connectivity index (χ0n) is 6.85. The number of nitrogens with one attached hydrogen (secondary N) is 1. The topological polar surface area (TPSA) is 12.0 Å². The third-order valence-corrected chi connectivity index (χ3v) is 2.33. The van der Waals surface area contributed by atoms with Crippen LogP contribution in [0.25, 0.3) is 0 Å². The molecule has 0 saturated carbocycles. The summed E-state index contributed by atoms with van der Waals surface area (Å²) in [6.07, 6.45) is 2.52. The average molecular weight is 145 g/mol. The van der Waals surface area contributed by atoms with Crippen molar-refractivity contribution in [2.45, 2.75) is 12.8 Å². The van der Waals surface area contributed by atoms with Crippen LogP contribution in [0.5, 0.6) is 0 Å².